The molecule has 4 aromatic rings. The van der Waals surface area contributed by atoms with Gasteiger partial charge in [-0.2, -0.15) is 4.72 Å². The van der Waals surface area contributed by atoms with Gasteiger partial charge in [-0.25, -0.2) is 13.4 Å². The smallest absolute Gasteiger partial charge is 0.327 e. The van der Waals surface area contributed by atoms with Gasteiger partial charge in [0.1, 0.15) is 11.1 Å². The van der Waals surface area contributed by atoms with Crippen molar-refractivity contribution in [3.63, 3.8) is 0 Å². The van der Waals surface area contributed by atoms with E-state index in [1.54, 1.807) is 35.5 Å². The first-order chi connectivity index (χ1) is 18.3. The van der Waals surface area contributed by atoms with E-state index in [1.807, 2.05) is 61.7 Å². The number of thioether (sulfide) groups is 1. The number of carbonyl (C=O) groups is 1. The van der Waals surface area contributed by atoms with Crippen molar-refractivity contribution in [2.24, 2.45) is 0 Å². The number of hydrogen-bond donors (Lipinski definition) is 1. The number of aryl methyl sites for hydroxylation is 1. The lowest BCUT2D eigenvalue weighted by atomic mass is 10.1. The van der Waals surface area contributed by atoms with Gasteiger partial charge >= 0.3 is 5.97 Å². The second-order valence-corrected chi connectivity index (χ2v) is 12.0. The maximum absolute atomic E-state index is 13.4. The van der Waals surface area contributed by atoms with Gasteiger partial charge < -0.3 is 9.47 Å². The number of rotatable bonds is 11. The van der Waals surface area contributed by atoms with Gasteiger partial charge in [-0.1, -0.05) is 54.1 Å². The van der Waals surface area contributed by atoms with Crippen LogP contribution in [-0.4, -0.2) is 38.8 Å². The predicted octanol–water partition coefficient (Wildman–Crippen LogP) is 5.62. The standard InChI is InChI=1S/C28H28N2O5S3/c1-19-4-6-20(7-5-19)18-35-26(27-29-16-17-37-27)25(28(31)34-2)30-38(32,33)24-14-10-22(11-15-24)21-8-12-23(36-3)13-9-21/h4-17,25-26,30H,18H2,1-3H3/t25-,26?/m1/s1. The van der Waals surface area contributed by atoms with Crippen molar-refractivity contribution in [1.29, 1.82) is 0 Å². The summed E-state index contributed by atoms with van der Waals surface area (Å²) in [6.07, 6.45) is 2.60. The van der Waals surface area contributed by atoms with Gasteiger partial charge in [0, 0.05) is 16.5 Å². The molecule has 0 fully saturated rings. The lowest BCUT2D eigenvalue weighted by Crippen LogP contribution is -2.46. The number of esters is 1. The molecule has 0 aliphatic heterocycles. The number of benzene rings is 3. The third kappa shape index (κ3) is 6.89. The maximum atomic E-state index is 13.4. The van der Waals surface area contributed by atoms with Gasteiger partial charge in [-0.3, -0.25) is 4.79 Å². The Kier molecular flexibility index (Phi) is 9.35. The Bertz CT molecular complexity index is 1440. The minimum absolute atomic E-state index is 0.0207. The van der Waals surface area contributed by atoms with Gasteiger partial charge in [-0.05, 0) is 54.1 Å². The van der Waals surface area contributed by atoms with Crippen LogP contribution in [0.2, 0.25) is 0 Å². The largest absolute Gasteiger partial charge is 0.468 e. The van der Waals surface area contributed by atoms with Crippen LogP contribution in [0, 0.1) is 6.92 Å². The topological polar surface area (TPSA) is 94.6 Å². The SMILES string of the molecule is COC(=O)[C@H](NS(=O)(=O)c1ccc(-c2ccc(SC)cc2)cc1)C(OCc1ccc(C)cc1)c1nccs1. The summed E-state index contributed by atoms with van der Waals surface area (Å²) in [6, 6.07) is 20.9. The summed E-state index contributed by atoms with van der Waals surface area (Å²) < 4.78 is 40.3. The quantitative estimate of drug-likeness (QED) is 0.185. The average molecular weight is 569 g/mol. The number of aromatic nitrogens is 1. The molecule has 198 valence electrons. The van der Waals surface area contributed by atoms with Crippen molar-refractivity contribution in [1.82, 2.24) is 9.71 Å². The van der Waals surface area contributed by atoms with E-state index < -0.39 is 28.1 Å². The number of nitrogens with one attached hydrogen (secondary N) is 1. The summed E-state index contributed by atoms with van der Waals surface area (Å²) in [5, 5.41) is 2.20. The summed E-state index contributed by atoms with van der Waals surface area (Å²) in [5.41, 5.74) is 3.84. The van der Waals surface area contributed by atoms with Crippen molar-refractivity contribution in [2.45, 2.75) is 35.5 Å². The summed E-state index contributed by atoms with van der Waals surface area (Å²) in [6.45, 7) is 2.14. The molecule has 0 aliphatic rings. The Morgan fingerprint density at radius 3 is 2.18 bits per heavy atom. The minimum atomic E-state index is -4.11. The zero-order valence-electron chi connectivity index (χ0n) is 21.2. The van der Waals surface area contributed by atoms with Crippen LogP contribution in [0.25, 0.3) is 11.1 Å². The fourth-order valence-corrected chi connectivity index (χ4v) is 6.08. The molecule has 38 heavy (non-hydrogen) atoms. The predicted molar refractivity (Wildman–Crippen MR) is 151 cm³/mol. The first kappa shape index (κ1) is 28.0. The highest BCUT2D eigenvalue weighted by molar-refractivity contribution is 7.98. The third-order valence-corrected chi connectivity index (χ3v) is 8.91. The van der Waals surface area contributed by atoms with Crippen LogP contribution in [0.4, 0.5) is 0 Å². The number of methoxy groups -OCH3 is 1. The Hall–Kier alpha value is -3.02. The van der Waals surface area contributed by atoms with Crippen LogP contribution in [0.1, 0.15) is 22.2 Å². The van der Waals surface area contributed by atoms with Gasteiger partial charge in [0.25, 0.3) is 0 Å². The summed E-state index contributed by atoms with van der Waals surface area (Å²) in [4.78, 5) is 18.3. The molecular weight excluding hydrogens is 541 g/mol. The van der Waals surface area contributed by atoms with Crippen molar-refractivity contribution in [3.8, 4) is 11.1 Å². The first-order valence-corrected chi connectivity index (χ1v) is 15.3. The molecule has 1 heterocycles. The lowest BCUT2D eigenvalue weighted by molar-refractivity contribution is -0.147. The summed E-state index contributed by atoms with van der Waals surface area (Å²) >= 11 is 2.92. The highest BCUT2D eigenvalue weighted by Crippen LogP contribution is 2.28. The minimum Gasteiger partial charge on any atom is -0.468 e. The molecule has 3 aromatic carbocycles. The second kappa shape index (κ2) is 12.7. The molecule has 0 radical (unpaired) electrons. The molecule has 0 amide bonds. The maximum Gasteiger partial charge on any atom is 0.327 e. The number of ether oxygens (including phenoxy) is 2. The van der Waals surface area contributed by atoms with Crippen LogP contribution in [-0.2, 0) is 30.9 Å². The van der Waals surface area contributed by atoms with Gasteiger partial charge in [0.2, 0.25) is 10.0 Å². The first-order valence-electron chi connectivity index (χ1n) is 11.7. The Balaban J connectivity index is 1.58. The Morgan fingerprint density at radius 1 is 1.00 bits per heavy atom. The van der Waals surface area contributed by atoms with E-state index in [1.165, 1.54) is 30.6 Å². The van der Waals surface area contributed by atoms with E-state index in [4.69, 9.17) is 9.47 Å². The molecule has 7 nitrogen and oxygen atoms in total. The number of hydrogen-bond acceptors (Lipinski definition) is 8. The molecule has 0 spiro atoms. The van der Waals surface area contributed by atoms with Crippen LogP contribution >= 0.6 is 23.1 Å². The van der Waals surface area contributed by atoms with Crippen molar-refractivity contribution in [3.05, 3.63) is 101 Å². The highest BCUT2D eigenvalue weighted by atomic mass is 32.2. The molecule has 0 aliphatic carbocycles. The molecule has 10 heteroatoms. The number of sulfonamides is 1. The van der Waals surface area contributed by atoms with Crippen molar-refractivity contribution < 1.29 is 22.7 Å². The molecular formula is C28H28N2O5S3. The fourth-order valence-electron chi connectivity index (χ4n) is 3.76. The van der Waals surface area contributed by atoms with Gasteiger partial charge in [0.15, 0.2) is 6.04 Å². The van der Waals surface area contributed by atoms with E-state index in [9.17, 15) is 13.2 Å². The number of carbonyl (C=O) groups excluding carboxylic acids is 1. The zero-order valence-corrected chi connectivity index (χ0v) is 23.6. The number of nitrogens with zero attached hydrogens (tertiary/aromatic N) is 1. The Labute approximate surface area is 231 Å². The van der Waals surface area contributed by atoms with E-state index in [-0.39, 0.29) is 11.5 Å². The monoisotopic (exact) mass is 568 g/mol. The average Bonchev–Trinajstić information content (AvgIpc) is 3.48. The van der Waals surface area contributed by atoms with E-state index in [0.29, 0.717) is 5.01 Å². The Morgan fingerprint density at radius 2 is 1.63 bits per heavy atom. The highest BCUT2D eigenvalue weighted by Gasteiger charge is 2.37. The van der Waals surface area contributed by atoms with E-state index in [0.717, 1.165) is 27.1 Å². The van der Waals surface area contributed by atoms with Crippen molar-refractivity contribution in [2.75, 3.05) is 13.4 Å². The molecule has 1 aromatic heterocycles. The lowest BCUT2D eigenvalue weighted by Gasteiger charge is -2.25. The zero-order chi connectivity index (χ0) is 27.1. The van der Waals surface area contributed by atoms with Crippen LogP contribution in [0.15, 0.2) is 94.2 Å². The van der Waals surface area contributed by atoms with Gasteiger partial charge in [-0.15, -0.1) is 23.1 Å². The molecule has 1 unspecified atom stereocenters. The molecule has 4 rings (SSSR count). The summed E-state index contributed by atoms with van der Waals surface area (Å²) in [5.74, 6) is -0.775. The normalized spacial score (nSPS) is 13.1. The molecule has 0 saturated heterocycles. The third-order valence-electron chi connectivity index (χ3n) is 5.87. The molecule has 2 atom stereocenters. The van der Waals surface area contributed by atoms with Crippen LogP contribution in [0.3, 0.4) is 0 Å². The number of thiazole rings is 1. The summed E-state index contributed by atoms with van der Waals surface area (Å²) in [7, 11) is -2.90. The molecule has 1 N–H and O–H groups in total. The van der Waals surface area contributed by atoms with Gasteiger partial charge in [0.05, 0.1) is 18.6 Å². The van der Waals surface area contributed by atoms with Crippen molar-refractivity contribution >= 4 is 39.1 Å². The fraction of sp³-hybridized carbons (Fsp3) is 0.214. The van der Waals surface area contributed by atoms with E-state index >= 15 is 0 Å². The van der Waals surface area contributed by atoms with E-state index in [2.05, 4.69) is 9.71 Å². The van der Waals surface area contributed by atoms with Crippen LogP contribution in [0.5, 0.6) is 0 Å². The second-order valence-electron chi connectivity index (χ2n) is 8.46. The molecule has 0 bridgehead atoms. The van der Waals surface area contributed by atoms with Crippen LogP contribution < -0.4 is 4.72 Å². The molecule has 0 saturated carbocycles.